The molecule has 0 radical (unpaired) electrons. The van der Waals surface area contributed by atoms with Gasteiger partial charge in [0.15, 0.2) is 0 Å². The van der Waals surface area contributed by atoms with Crippen molar-refractivity contribution in [2.45, 2.75) is 9.79 Å². The fraction of sp³-hybridized carbons (Fsp3) is 0. The molecule has 0 saturated heterocycles. The molecule has 7 aromatic carbocycles. The lowest BCUT2D eigenvalue weighted by Gasteiger charge is -2.34. The second-order valence-electron chi connectivity index (χ2n) is 9.75. The number of benzene rings is 7. The van der Waals surface area contributed by atoms with E-state index >= 15 is 0 Å². The Labute approximate surface area is 226 Å². The van der Waals surface area contributed by atoms with Gasteiger partial charge in [-0.1, -0.05) is 115 Å². The molecular weight excluding hydrogens is 478 g/mol. The summed E-state index contributed by atoms with van der Waals surface area (Å²) in [5, 5.41) is 7.69. The number of para-hydroxylation sites is 2. The van der Waals surface area contributed by atoms with E-state index in [1.54, 1.807) is 0 Å². The fourth-order valence-electron chi connectivity index (χ4n) is 5.97. The Morgan fingerprint density at radius 1 is 0.421 bits per heavy atom. The van der Waals surface area contributed by atoms with Crippen LogP contribution in [0.5, 0.6) is 0 Å². The van der Waals surface area contributed by atoms with Crippen LogP contribution in [0.25, 0.3) is 43.4 Å². The van der Waals surface area contributed by atoms with Crippen molar-refractivity contribution in [3.63, 3.8) is 0 Å². The van der Waals surface area contributed by atoms with Gasteiger partial charge in [-0.05, 0) is 74.5 Å². The zero-order chi connectivity index (χ0) is 25.1. The van der Waals surface area contributed by atoms with E-state index in [1.807, 2.05) is 11.8 Å². The van der Waals surface area contributed by atoms with Crippen LogP contribution in [0, 0.1) is 0 Å². The molecule has 0 bridgehead atoms. The molecule has 1 aliphatic rings. The number of hydrogen-bond acceptors (Lipinski definition) is 2. The van der Waals surface area contributed by atoms with Gasteiger partial charge in [0.2, 0.25) is 0 Å². The smallest absolute Gasteiger partial charge is 0.0601 e. The minimum atomic E-state index is 1.21. The predicted octanol–water partition coefficient (Wildman–Crippen LogP) is 10.7. The third kappa shape index (κ3) is 3.21. The number of anilines is 3. The second kappa shape index (κ2) is 8.51. The Hall–Kier alpha value is -4.53. The first-order valence-corrected chi connectivity index (χ1v) is 13.8. The van der Waals surface area contributed by atoms with E-state index in [2.05, 4.69) is 144 Å². The first kappa shape index (κ1) is 21.5. The Bertz CT molecular complexity index is 1960. The summed E-state index contributed by atoms with van der Waals surface area (Å²) in [6, 6.07) is 50.8. The lowest BCUT2D eigenvalue weighted by Crippen LogP contribution is -2.15. The molecule has 2 heteroatoms. The standard InChI is InChI=1S/C36H23NS/c1-2-12-24(13-3-1)30-22-25-23-33(27-15-5-7-17-29(27)36(25)28-16-6-4-14-26(28)30)37-31-18-8-10-20-34(31)38-35-21-11-9-19-32(35)37/h1-23H. The monoisotopic (exact) mass is 501 g/mol. The van der Waals surface area contributed by atoms with E-state index in [4.69, 9.17) is 0 Å². The predicted molar refractivity (Wildman–Crippen MR) is 163 cm³/mol. The average molecular weight is 502 g/mol. The van der Waals surface area contributed by atoms with Gasteiger partial charge in [-0.2, -0.15) is 0 Å². The zero-order valence-corrected chi connectivity index (χ0v) is 21.5. The van der Waals surface area contributed by atoms with Crippen LogP contribution >= 0.6 is 11.8 Å². The maximum absolute atomic E-state index is 2.46. The van der Waals surface area contributed by atoms with Gasteiger partial charge in [-0.15, -0.1) is 0 Å². The van der Waals surface area contributed by atoms with Crippen molar-refractivity contribution in [3.8, 4) is 11.1 Å². The summed E-state index contributed by atoms with van der Waals surface area (Å²) in [5.41, 5.74) is 6.17. The summed E-state index contributed by atoms with van der Waals surface area (Å²) < 4.78 is 0. The zero-order valence-electron chi connectivity index (χ0n) is 20.6. The molecule has 0 aromatic heterocycles. The molecule has 0 unspecified atom stereocenters. The summed E-state index contributed by atoms with van der Waals surface area (Å²) in [6.45, 7) is 0. The molecule has 0 N–H and O–H groups in total. The van der Waals surface area contributed by atoms with Crippen LogP contribution in [-0.2, 0) is 0 Å². The molecule has 0 fully saturated rings. The van der Waals surface area contributed by atoms with E-state index in [-0.39, 0.29) is 0 Å². The second-order valence-corrected chi connectivity index (χ2v) is 10.8. The molecular formula is C36H23NS. The lowest BCUT2D eigenvalue weighted by molar-refractivity contribution is 1.17. The SMILES string of the molecule is c1ccc(-c2cc3cc(N4c5ccccc5Sc5ccccc54)c4ccccc4c3c3ccccc23)cc1. The summed E-state index contributed by atoms with van der Waals surface area (Å²) in [4.78, 5) is 5.01. The highest BCUT2D eigenvalue weighted by Crippen LogP contribution is 2.53. The molecule has 38 heavy (non-hydrogen) atoms. The van der Waals surface area contributed by atoms with Crippen LogP contribution in [0.3, 0.4) is 0 Å². The van der Waals surface area contributed by atoms with Crippen LogP contribution < -0.4 is 4.90 Å². The highest BCUT2D eigenvalue weighted by atomic mass is 32.2. The quantitative estimate of drug-likeness (QED) is 0.217. The molecule has 0 atom stereocenters. The summed E-state index contributed by atoms with van der Waals surface area (Å²) in [5.74, 6) is 0. The molecule has 8 rings (SSSR count). The maximum atomic E-state index is 2.46. The van der Waals surface area contributed by atoms with Gasteiger partial charge in [0, 0.05) is 15.2 Å². The lowest BCUT2D eigenvalue weighted by atomic mass is 9.90. The van der Waals surface area contributed by atoms with E-state index in [9.17, 15) is 0 Å². The number of fused-ring (bicyclic) bond motifs is 7. The van der Waals surface area contributed by atoms with Crippen molar-refractivity contribution in [2.75, 3.05) is 4.90 Å². The number of rotatable bonds is 2. The topological polar surface area (TPSA) is 3.24 Å². The molecule has 0 saturated carbocycles. The van der Waals surface area contributed by atoms with Gasteiger partial charge < -0.3 is 4.90 Å². The van der Waals surface area contributed by atoms with Gasteiger partial charge in [0.25, 0.3) is 0 Å². The van der Waals surface area contributed by atoms with Gasteiger partial charge in [0.05, 0.1) is 17.1 Å². The van der Waals surface area contributed by atoms with Crippen molar-refractivity contribution in [2.24, 2.45) is 0 Å². The molecule has 1 heterocycles. The van der Waals surface area contributed by atoms with Gasteiger partial charge >= 0.3 is 0 Å². The van der Waals surface area contributed by atoms with E-state index in [1.165, 1.54) is 70.3 Å². The van der Waals surface area contributed by atoms with Crippen LogP contribution in [-0.4, -0.2) is 0 Å². The normalized spacial score (nSPS) is 12.6. The molecule has 178 valence electrons. The van der Waals surface area contributed by atoms with Crippen molar-refractivity contribution in [1.29, 1.82) is 0 Å². The Morgan fingerprint density at radius 2 is 0.947 bits per heavy atom. The molecule has 1 nitrogen and oxygen atoms in total. The minimum absolute atomic E-state index is 1.21. The Kier molecular flexibility index (Phi) is 4.83. The third-order valence-corrected chi connectivity index (χ3v) is 8.73. The molecule has 0 aliphatic carbocycles. The highest BCUT2D eigenvalue weighted by molar-refractivity contribution is 7.99. The average Bonchev–Trinajstić information content (AvgIpc) is 2.99. The summed E-state index contributed by atoms with van der Waals surface area (Å²) in [6.07, 6.45) is 0. The van der Waals surface area contributed by atoms with Crippen molar-refractivity contribution in [1.82, 2.24) is 0 Å². The van der Waals surface area contributed by atoms with Crippen molar-refractivity contribution in [3.05, 3.63) is 140 Å². The summed E-state index contributed by atoms with van der Waals surface area (Å²) in [7, 11) is 0. The Balaban J connectivity index is 1.52. The van der Waals surface area contributed by atoms with Crippen molar-refractivity contribution < 1.29 is 0 Å². The van der Waals surface area contributed by atoms with Gasteiger partial charge in [-0.3, -0.25) is 0 Å². The van der Waals surface area contributed by atoms with Gasteiger partial charge in [0.1, 0.15) is 0 Å². The highest BCUT2D eigenvalue weighted by Gasteiger charge is 2.26. The van der Waals surface area contributed by atoms with Crippen LogP contribution in [0.15, 0.2) is 149 Å². The van der Waals surface area contributed by atoms with E-state index < -0.39 is 0 Å². The summed E-state index contributed by atoms with van der Waals surface area (Å²) >= 11 is 1.85. The third-order valence-electron chi connectivity index (χ3n) is 7.60. The number of hydrogen-bond donors (Lipinski definition) is 0. The Morgan fingerprint density at radius 3 is 1.63 bits per heavy atom. The first-order chi connectivity index (χ1) is 18.9. The maximum Gasteiger partial charge on any atom is 0.0601 e. The number of nitrogens with zero attached hydrogens (tertiary/aromatic N) is 1. The van der Waals surface area contributed by atoms with Crippen LogP contribution in [0.2, 0.25) is 0 Å². The molecule has 1 aliphatic heterocycles. The van der Waals surface area contributed by atoms with Gasteiger partial charge in [-0.25, -0.2) is 0 Å². The van der Waals surface area contributed by atoms with Crippen LogP contribution in [0.4, 0.5) is 17.1 Å². The molecule has 0 spiro atoms. The minimum Gasteiger partial charge on any atom is -0.308 e. The fourth-order valence-corrected chi connectivity index (χ4v) is 7.02. The molecule has 7 aromatic rings. The first-order valence-electron chi connectivity index (χ1n) is 13.0. The molecule has 0 amide bonds. The van der Waals surface area contributed by atoms with E-state index in [0.29, 0.717) is 0 Å². The van der Waals surface area contributed by atoms with Crippen LogP contribution in [0.1, 0.15) is 0 Å². The van der Waals surface area contributed by atoms with E-state index in [0.717, 1.165) is 0 Å². The largest absolute Gasteiger partial charge is 0.308 e. The van der Waals surface area contributed by atoms with Crippen molar-refractivity contribution >= 4 is 61.1 Å².